The van der Waals surface area contributed by atoms with Crippen LogP contribution in [0.5, 0.6) is 0 Å². The molecule has 1 fully saturated rings. The van der Waals surface area contributed by atoms with Crippen molar-refractivity contribution in [1.82, 2.24) is 14.5 Å². The Hall–Kier alpha value is -1.48. The van der Waals surface area contributed by atoms with E-state index in [1.54, 1.807) is 20.8 Å². The molecule has 0 aromatic carbocycles. The second-order valence-electron chi connectivity index (χ2n) is 4.86. The Morgan fingerprint density at radius 3 is 2.68 bits per heavy atom. The van der Waals surface area contributed by atoms with Crippen LogP contribution >= 0.6 is 0 Å². The Morgan fingerprint density at radius 1 is 1.58 bits per heavy atom. The lowest BCUT2D eigenvalue weighted by Crippen LogP contribution is -2.46. The maximum absolute atomic E-state index is 11.7. The van der Waals surface area contributed by atoms with Gasteiger partial charge >= 0.3 is 10.2 Å². The van der Waals surface area contributed by atoms with E-state index in [1.807, 2.05) is 4.72 Å². The van der Waals surface area contributed by atoms with Crippen LogP contribution in [-0.4, -0.2) is 50.3 Å². The zero-order valence-electron chi connectivity index (χ0n) is 11.1. The van der Waals surface area contributed by atoms with Crippen molar-refractivity contribution >= 4 is 28.6 Å². The summed E-state index contributed by atoms with van der Waals surface area (Å²) in [6.07, 6.45) is 2.20. The second-order valence-corrected chi connectivity index (χ2v) is 6.48. The minimum atomic E-state index is -3.76. The molecule has 1 aliphatic rings. The van der Waals surface area contributed by atoms with Crippen LogP contribution in [0, 0.1) is 5.41 Å². The van der Waals surface area contributed by atoms with Gasteiger partial charge in [-0.15, -0.1) is 0 Å². The first-order valence-electron chi connectivity index (χ1n) is 5.74. The number of hydrazone groups is 1. The minimum absolute atomic E-state index is 0.0863. The van der Waals surface area contributed by atoms with Crippen LogP contribution in [0.2, 0.25) is 0 Å². The topological polar surface area (TPSA) is 108 Å². The lowest BCUT2D eigenvalue weighted by Gasteiger charge is -2.32. The third kappa shape index (κ3) is 3.74. The van der Waals surface area contributed by atoms with Crippen LogP contribution < -0.4 is 10.1 Å². The number of hydrogen-bond donors (Lipinski definition) is 2. The second kappa shape index (κ2) is 5.66. The van der Waals surface area contributed by atoms with Gasteiger partial charge in [-0.05, 0) is 6.92 Å². The van der Waals surface area contributed by atoms with Crippen molar-refractivity contribution in [1.29, 1.82) is 0 Å². The fraction of sp³-hybridized carbons (Fsp3) is 0.700. The first-order chi connectivity index (χ1) is 8.70. The summed E-state index contributed by atoms with van der Waals surface area (Å²) in [5.41, 5.74) is 1.92. The van der Waals surface area contributed by atoms with Crippen molar-refractivity contribution in [3.63, 3.8) is 0 Å². The summed E-state index contributed by atoms with van der Waals surface area (Å²) in [6.45, 7) is 5.18. The third-order valence-electron chi connectivity index (χ3n) is 3.02. The number of nitrogens with zero attached hydrogens (tertiary/aromatic N) is 2. The molecule has 19 heavy (non-hydrogen) atoms. The average Bonchev–Trinajstić information content (AvgIpc) is 2.57. The Labute approximate surface area is 112 Å². The number of rotatable bonds is 6. The Balaban J connectivity index is 2.80. The fourth-order valence-electron chi connectivity index (χ4n) is 1.59. The first-order valence-corrected chi connectivity index (χ1v) is 7.18. The monoisotopic (exact) mass is 290 g/mol. The van der Waals surface area contributed by atoms with Crippen molar-refractivity contribution in [2.45, 2.75) is 26.8 Å². The largest absolute Gasteiger partial charge is 0.304 e. The molecule has 0 radical (unpaired) electrons. The standard InChI is InChI=1S/C10H18N4O4S/c1-8(10(2,3)7-12-11-4-5-15)14-6-9(16)13-19(14,17)18/h5,7-8,11H,4,6H2,1-3H3,(H,13,16)/b12-7-/t8-/m1/s1. The van der Waals surface area contributed by atoms with Crippen LogP contribution in [0.1, 0.15) is 20.8 Å². The molecule has 1 amide bonds. The van der Waals surface area contributed by atoms with Crippen LogP contribution in [0.3, 0.4) is 0 Å². The van der Waals surface area contributed by atoms with E-state index in [4.69, 9.17) is 0 Å². The summed E-state index contributed by atoms with van der Waals surface area (Å²) >= 11 is 0. The van der Waals surface area contributed by atoms with Gasteiger partial charge in [0.15, 0.2) is 0 Å². The van der Waals surface area contributed by atoms with Crippen LogP contribution in [0.4, 0.5) is 0 Å². The summed E-state index contributed by atoms with van der Waals surface area (Å²) in [4.78, 5) is 21.3. The number of aldehydes is 1. The Bertz CT molecular complexity index is 486. The number of amides is 1. The van der Waals surface area contributed by atoms with Gasteiger partial charge in [-0.2, -0.15) is 17.8 Å². The molecule has 1 atom stereocenters. The summed E-state index contributed by atoms with van der Waals surface area (Å²) < 4.78 is 26.5. The number of nitrogens with one attached hydrogen (secondary N) is 2. The molecule has 1 aliphatic heterocycles. The summed E-state index contributed by atoms with van der Waals surface area (Å²) in [5.74, 6) is -0.543. The molecule has 0 aromatic rings. The van der Waals surface area contributed by atoms with Gasteiger partial charge in [-0.25, -0.2) is 4.72 Å². The molecular formula is C10H18N4O4S. The normalized spacial score (nSPS) is 21.3. The maximum atomic E-state index is 11.7. The van der Waals surface area contributed by atoms with E-state index in [0.717, 1.165) is 4.31 Å². The van der Waals surface area contributed by atoms with E-state index < -0.39 is 27.6 Å². The van der Waals surface area contributed by atoms with Gasteiger partial charge in [-0.3, -0.25) is 4.79 Å². The number of carbonyl (C=O) groups excluding carboxylic acids is 2. The summed E-state index contributed by atoms with van der Waals surface area (Å²) in [6, 6.07) is -0.460. The molecule has 1 heterocycles. The first kappa shape index (κ1) is 15.6. The molecule has 0 aliphatic carbocycles. The summed E-state index contributed by atoms with van der Waals surface area (Å²) in [5, 5.41) is 3.86. The highest BCUT2D eigenvalue weighted by Crippen LogP contribution is 2.26. The Kier molecular flexibility index (Phi) is 4.64. The predicted octanol–water partition coefficient (Wildman–Crippen LogP) is -1.15. The lowest BCUT2D eigenvalue weighted by atomic mass is 9.87. The van der Waals surface area contributed by atoms with Gasteiger partial charge in [0.05, 0.1) is 13.1 Å². The van der Waals surface area contributed by atoms with E-state index >= 15 is 0 Å². The van der Waals surface area contributed by atoms with Crippen molar-refractivity contribution < 1.29 is 18.0 Å². The highest BCUT2D eigenvalue weighted by Gasteiger charge is 2.42. The molecule has 8 nitrogen and oxygen atoms in total. The highest BCUT2D eigenvalue weighted by atomic mass is 32.2. The molecule has 0 unspecified atom stereocenters. The molecule has 0 spiro atoms. The van der Waals surface area contributed by atoms with Gasteiger partial charge < -0.3 is 10.2 Å². The Morgan fingerprint density at radius 2 is 2.21 bits per heavy atom. The average molecular weight is 290 g/mol. The van der Waals surface area contributed by atoms with Gasteiger partial charge in [0, 0.05) is 17.7 Å². The molecule has 0 saturated carbocycles. The zero-order valence-corrected chi connectivity index (χ0v) is 11.9. The van der Waals surface area contributed by atoms with Crippen LogP contribution in [0.15, 0.2) is 5.10 Å². The minimum Gasteiger partial charge on any atom is -0.303 e. The van der Waals surface area contributed by atoms with E-state index in [1.165, 1.54) is 6.21 Å². The van der Waals surface area contributed by atoms with Crippen LogP contribution in [0.25, 0.3) is 0 Å². The van der Waals surface area contributed by atoms with Crippen molar-refractivity contribution in [2.75, 3.05) is 13.1 Å². The van der Waals surface area contributed by atoms with Gasteiger partial charge in [0.25, 0.3) is 0 Å². The molecule has 2 N–H and O–H groups in total. The predicted molar refractivity (Wildman–Crippen MR) is 69.6 cm³/mol. The third-order valence-corrected chi connectivity index (χ3v) is 4.57. The molecule has 0 bridgehead atoms. The molecule has 1 rings (SSSR count). The molecule has 9 heteroatoms. The smallest absolute Gasteiger partial charge is 0.303 e. The maximum Gasteiger partial charge on any atom is 0.304 e. The molecular weight excluding hydrogens is 272 g/mol. The zero-order chi connectivity index (χ0) is 14.7. The fourth-order valence-corrected chi connectivity index (χ4v) is 3.03. The summed E-state index contributed by atoms with van der Waals surface area (Å²) in [7, 11) is -3.76. The molecule has 0 aromatic heterocycles. The van der Waals surface area contributed by atoms with Gasteiger partial charge in [0.2, 0.25) is 5.91 Å². The lowest BCUT2D eigenvalue weighted by molar-refractivity contribution is -0.118. The van der Waals surface area contributed by atoms with Gasteiger partial charge in [-0.1, -0.05) is 13.8 Å². The molecule has 108 valence electrons. The SMILES string of the molecule is C[C@@H](N1CC(=O)NS1(=O)=O)C(C)(C)/C=N\NCC=O. The van der Waals surface area contributed by atoms with Crippen molar-refractivity contribution in [2.24, 2.45) is 10.5 Å². The van der Waals surface area contributed by atoms with E-state index in [0.29, 0.717) is 6.29 Å². The number of hydrogen-bond acceptors (Lipinski definition) is 6. The van der Waals surface area contributed by atoms with Gasteiger partial charge in [0.1, 0.15) is 6.29 Å². The van der Waals surface area contributed by atoms with E-state index in [9.17, 15) is 18.0 Å². The quantitative estimate of drug-likeness (QED) is 0.278. The highest BCUT2D eigenvalue weighted by molar-refractivity contribution is 7.88. The van der Waals surface area contributed by atoms with Crippen molar-refractivity contribution in [3.8, 4) is 0 Å². The van der Waals surface area contributed by atoms with Crippen LogP contribution in [-0.2, 0) is 19.8 Å². The number of carbonyl (C=O) groups is 2. The van der Waals surface area contributed by atoms with Crippen molar-refractivity contribution in [3.05, 3.63) is 0 Å². The van der Waals surface area contributed by atoms with E-state index in [-0.39, 0.29) is 13.1 Å². The molecule has 1 saturated heterocycles. The van der Waals surface area contributed by atoms with E-state index in [2.05, 4.69) is 10.5 Å².